The lowest BCUT2D eigenvalue weighted by atomic mass is 10.1. The topological polar surface area (TPSA) is 34.9 Å². The van der Waals surface area contributed by atoms with Crippen LogP contribution >= 0.6 is 34.5 Å². The van der Waals surface area contributed by atoms with E-state index in [0.29, 0.717) is 20.6 Å². The molecule has 0 saturated carbocycles. The maximum absolute atomic E-state index is 12.8. The van der Waals surface area contributed by atoms with E-state index in [4.69, 9.17) is 23.2 Å². The molecular weight excluding hydrogens is 339 g/mol. The van der Waals surface area contributed by atoms with Gasteiger partial charge in [0.05, 0.1) is 12.0 Å². The van der Waals surface area contributed by atoms with Gasteiger partial charge in [-0.05, 0) is 41.8 Å². The summed E-state index contributed by atoms with van der Waals surface area (Å²) in [7, 11) is 0. The van der Waals surface area contributed by atoms with E-state index >= 15 is 0 Å². The fourth-order valence-electron chi connectivity index (χ4n) is 1.96. The van der Waals surface area contributed by atoms with Crippen molar-refractivity contribution >= 4 is 52.1 Å². The van der Waals surface area contributed by atoms with E-state index in [9.17, 15) is 4.79 Å². The first-order valence-electron chi connectivity index (χ1n) is 6.38. The average Bonchev–Trinajstić information content (AvgIpc) is 3.17. The Hall–Kier alpha value is -1.88. The number of ketones is 1. The third-order valence-corrected chi connectivity index (χ3v) is 4.51. The third-order valence-electron chi connectivity index (χ3n) is 3.06. The Morgan fingerprint density at radius 2 is 1.95 bits per heavy atom. The van der Waals surface area contributed by atoms with Crippen molar-refractivity contribution in [2.24, 2.45) is 0 Å². The molecule has 1 aromatic carbocycles. The normalized spacial score (nSPS) is 11.6. The van der Waals surface area contributed by atoms with E-state index in [1.807, 2.05) is 11.4 Å². The van der Waals surface area contributed by atoms with Crippen LogP contribution in [-0.4, -0.2) is 15.3 Å². The van der Waals surface area contributed by atoms with Gasteiger partial charge < -0.3 is 4.57 Å². The predicted molar refractivity (Wildman–Crippen MR) is 91.5 cm³/mol. The summed E-state index contributed by atoms with van der Waals surface area (Å²) in [6.07, 6.45) is 6.69. The van der Waals surface area contributed by atoms with Gasteiger partial charge in [0.1, 0.15) is 4.34 Å². The molecule has 0 aliphatic carbocycles. The Labute approximate surface area is 141 Å². The van der Waals surface area contributed by atoms with Gasteiger partial charge in [-0.25, -0.2) is 4.98 Å². The van der Waals surface area contributed by atoms with Crippen LogP contribution in [0.2, 0.25) is 9.36 Å². The van der Waals surface area contributed by atoms with Crippen molar-refractivity contribution in [3.05, 3.63) is 74.9 Å². The second kappa shape index (κ2) is 6.48. The molecule has 0 N–H and O–H groups in total. The molecule has 0 amide bonds. The number of hydrogen-bond acceptors (Lipinski definition) is 3. The summed E-state index contributed by atoms with van der Waals surface area (Å²) in [6, 6.07) is 8.66. The van der Waals surface area contributed by atoms with Gasteiger partial charge in [-0.3, -0.25) is 4.79 Å². The molecule has 0 fully saturated rings. The molecule has 2 heterocycles. The lowest BCUT2D eigenvalue weighted by molar-refractivity contribution is 0.105. The Morgan fingerprint density at radius 1 is 1.18 bits per heavy atom. The lowest BCUT2D eigenvalue weighted by Crippen LogP contribution is -2.08. The highest BCUT2D eigenvalue weighted by molar-refractivity contribution is 7.14. The van der Waals surface area contributed by atoms with E-state index < -0.39 is 0 Å². The summed E-state index contributed by atoms with van der Waals surface area (Å²) in [6.45, 7) is 0. The van der Waals surface area contributed by atoms with Crippen LogP contribution in [0.5, 0.6) is 0 Å². The number of rotatable bonds is 4. The molecule has 0 spiro atoms. The monoisotopic (exact) mass is 348 g/mol. The van der Waals surface area contributed by atoms with Crippen LogP contribution in [0.4, 0.5) is 0 Å². The number of carbonyl (C=O) groups is 1. The van der Waals surface area contributed by atoms with Crippen LogP contribution < -0.4 is 0 Å². The lowest BCUT2D eigenvalue weighted by Gasteiger charge is -2.08. The van der Waals surface area contributed by atoms with Crippen LogP contribution in [0.15, 0.2) is 54.4 Å². The van der Waals surface area contributed by atoms with Crippen molar-refractivity contribution in [3.63, 3.8) is 0 Å². The highest BCUT2D eigenvalue weighted by Crippen LogP contribution is 2.27. The van der Waals surface area contributed by atoms with Crippen molar-refractivity contribution in [1.82, 2.24) is 9.55 Å². The zero-order chi connectivity index (χ0) is 15.5. The van der Waals surface area contributed by atoms with Gasteiger partial charge in [0.25, 0.3) is 0 Å². The Kier molecular flexibility index (Phi) is 4.43. The molecule has 3 nitrogen and oxygen atoms in total. The standard InChI is InChI=1S/C16H10Cl2N2OS/c17-13-3-1-11(2-4-13)15(21)14(20-7-6-19-10-20)9-12-5-8-22-16(12)18/h1-10H. The minimum Gasteiger partial charge on any atom is -0.303 e. The Bertz CT molecular complexity index is 820. The second-order valence-electron chi connectivity index (χ2n) is 4.49. The van der Waals surface area contributed by atoms with Gasteiger partial charge >= 0.3 is 0 Å². The van der Waals surface area contributed by atoms with E-state index in [2.05, 4.69) is 4.98 Å². The molecule has 0 atom stereocenters. The largest absolute Gasteiger partial charge is 0.303 e. The van der Waals surface area contributed by atoms with Gasteiger partial charge in [-0.1, -0.05) is 23.2 Å². The smallest absolute Gasteiger partial charge is 0.209 e. The molecule has 0 aliphatic rings. The zero-order valence-corrected chi connectivity index (χ0v) is 13.6. The SMILES string of the molecule is O=C(C(=Cc1ccsc1Cl)n1ccnc1)c1ccc(Cl)cc1. The van der Waals surface area contributed by atoms with Crippen molar-refractivity contribution in [2.45, 2.75) is 0 Å². The molecule has 6 heteroatoms. The molecule has 2 aromatic heterocycles. The highest BCUT2D eigenvalue weighted by atomic mass is 35.5. The fourth-order valence-corrected chi connectivity index (χ4v) is 2.96. The fraction of sp³-hybridized carbons (Fsp3) is 0. The summed E-state index contributed by atoms with van der Waals surface area (Å²) in [4.78, 5) is 16.8. The number of benzene rings is 1. The molecule has 0 bridgehead atoms. The quantitative estimate of drug-likeness (QED) is 0.483. The zero-order valence-electron chi connectivity index (χ0n) is 11.2. The Balaban J connectivity index is 2.06. The summed E-state index contributed by atoms with van der Waals surface area (Å²) in [5.74, 6) is -0.128. The van der Waals surface area contributed by atoms with Crippen molar-refractivity contribution in [1.29, 1.82) is 0 Å². The summed E-state index contributed by atoms with van der Waals surface area (Å²) < 4.78 is 2.31. The molecule has 3 aromatic rings. The van der Waals surface area contributed by atoms with Crippen molar-refractivity contribution in [3.8, 4) is 0 Å². The molecule has 3 rings (SSSR count). The maximum Gasteiger partial charge on any atom is 0.209 e. The first-order valence-corrected chi connectivity index (χ1v) is 8.02. The number of nitrogens with zero attached hydrogens (tertiary/aromatic N) is 2. The van der Waals surface area contributed by atoms with Crippen LogP contribution in [-0.2, 0) is 0 Å². The second-order valence-corrected chi connectivity index (χ2v) is 6.44. The molecule has 110 valence electrons. The third kappa shape index (κ3) is 3.14. The minimum atomic E-state index is -0.128. The summed E-state index contributed by atoms with van der Waals surface area (Å²) in [5.41, 5.74) is 1.83. The van der Waals surface area contributed by atoms with Crippen LogP contribution in [0.25, 0.3) is 11.8 Å². The van der Waals surface area contributed by atoms with Gasteiger partial charge in [-0.15, -0.1) is 11.3 Å². The number of thiophene rings is 1. The van der Waals surface area contributed by atoms with E-state index in [0.717, 1.165) is 5.56 Å². The molecule has 0 saturated heterocycles. The van der Waals surface area contributed by atoms with E-state index in [-0.39, 0.29) is 5.78 Å². The van der Waals surface area contributed by atoms with E-state index in [1.54, 1.807) is 53.6 Å². The maximum atomic E-state index is 12.8. The summed E-state index contributed by atoms with van der Waals surface area (Å²) >= 11 is 13.4. The van der Waals surface area contributed by atoms with Crippen LogP contribution in [0.3, 0.4) is 0 Å². The first kappa shape index (κ1) is 15.0. The molecule has 0 aliphatic heterocycles. The van der Waals surface area contributed by atoms with E-state index in [1.165, 1.54) is 11.3 Å². The number of Topliss-reactive ketones (excluding diaryl/α,β-unsaturated/α-hetero) is 1. The molecule has 0 unspecified atom stereocenters. The van der Waals surface area contributed by atoms with Crippen LogP contribution in [0.1, 0.15) is 15.9 Å². The van der Waals surface area contributed by atoms with Crippen molar-refractivity contribution in [2.75, 3.05) is 0 Å². The number of carbonyl (C=O) groups excluding carboxylic acids is 1. The number of allylic oxidation sites excluding steroid dienone is 1. The van der Waals surface area contributed by atoms with Gasteiger partial charge in [0.15, 0.2) is 0 Å². The highest BCUT2D eigenvalue weighted by Gasteiger charge is 2.15. The van der Waals surface area contributed by atoms with Gasteiger partial charge in [0.2, 0.25) is 5.78 Å². The summed E-state index contributed by atoms with van der Waals surface area (Å²) in [5, 5.41) is 2.47. The molecule has 22 heavy (non-hydrogen) atoms. The predicted octanol–water partition coefficient (Wildman–Crippen LogP) is 5.13. The number of aromatic nitrogens is 2. The van der Waals surface area contributed by atoms with Crippen LogP contribution in [0, 0.1) is 0 Å². The van der Waals surface area contributed by atoms with Gasteiger partial charge in [0, 0.05) is 28.5 Å². The number of halogens is 2. The minimum absolute atomic E-state index is 0.128. The first-order chi connectivity index (χ1) is 10.6. The molecule has 0 radical (unpaired) electrons. The average molecular weight is 349 g/mol. The Morgan fingerprint density at radius 3 is 2.55 bits per heavy atom. The number of hydrogen-bond donors (Lipinski definition) is 0. The van der Waals surface area contributed by atoms with Crippen molar-refractivity contribution < 1.29 is 4.79 Å². The van der Waals surface area contributed by atoms with Gasteiger partial charge in [-0.2, -0.15) is 0 Å². The molecular formula is C16H10Cl2N2OS. The number of imidazole rings is 1.